The van der Waals surface area contributed by atoms with Gasteiger partial charge >= 0.3 is 0 Å². The van der Waals surface area contributed by atoms with Gasteiger partial charge in [0, 0.05) is 16.5 Å². The zero-order valence-electron chi connectivity index (χ0n) is 9.05. The predicted molar refractivity (Wildman–Crippen MR) is 78.0 cm³/mol. The monoisotopic (exact) mass is 338 g/mol. The van der Waals surface area contributed by atoms with Crippen molar-refractivity contribution < 1.29 is 4.74 Å². The molecular weight excluding hydrogens is 328 g/mol. The minimum absolute atomic E-state index is 0.0704. The third-order valence-electron chi connectivity index (χ3n) is 2.76. The number of rotatable bonds is 2. The maximum absolute atomic E-state index is 6.22. The average Bonchev–Trinajstić information content (AvgIpc) is 2.28. The third-order valence-corrected chi connectivity index (χ3v) is 6.66. The van der Waals surface area contributed by atoms with Crippen molar-refractivity contribution in [3.8, 4) is 5.75 Å². The lowest BCUT2D eigenvalue weighted by Crippen LogP contribution is -2.26. The van der Waals surface area contributed by atoms with Crippen molar-refractivity contribution in [3.63, 3.8) is 0 Å². The number of benzene rings is 1. The molecule has 0 radical (unpaired) electrons. The summed E-state index contributed by atoms with van der Waals surface area (Å²) in [5, 5.41) is 0.691. The molecule has 0 atom stereocenters. The predicted octanol–water partition coefficient (Wildman–Crippen LogP) is 4.76. The maximum atomic E-state index is 6.22. The third kappa shape index (κ3) is 2.09. The fourth-order valence-corrected chi connectivity index (χ4v) is 4.77. The molecule has 0 amide bonds. The number of hydrogen-bond acceptors (Lipinski definition) is 3. The molecule has 0 spiro atoms. The van der Waals surface area contributed by atoms with Crippen LogP contribution in [0.3, 0.4) is 0 Å². The van der Waals surface area contributed by atoms with Gasteiger partial charge in [0.05, 0.1) is 15.7 Å². The van der Waals surface area contributed by atoms with E-state index in [1.54, 1.807) is 0 Å². The summed E-state index contributed by atoms with van der Waals surface area (Å²) in [5.41, 5.74) is 1.19. The van der Waals surface area contributed by atoms with Crippen molar-refractivity contribution in [3.05, 3.63) is 27.2 Å². The van der Waals surface area contributed by atoms with E-state index in [2.05, 4.69) is 34.5 Å². The molecule has 5 heteroatoms. The van der Waals surface area contributed by atoms with Gasteiger partial charge in [-0.1, -0.05) is 27.5 Å². The van der Waals surface area contributed by atoms with Crippen LogP contribution >= 0.6 is 51.1 Å². The largest absolute Gasteiger partial charge is 0.492 e. The van der Waals surface area contributed by atoms with Gasteiger partial charge in [-0.3, -0.25) is 0 Å². The first-order valence-electron chi connectivity index (χ1n) is 4.85. The van der Waals surface area contributed by atoms with Crippen molar-refractivity contribution in [2.45, 2.75) is 10.5 Å². The molecule has 1 nitrogen and oxygen atoms in total. The number of ether oxygens (including phenoxy) is 1. The lowest BCUT2D eigenvalue weighted by Gasteiger charge is -2.36. The van der Waals surface area contributed by atoms with E-state index in [1.165, 1.54) is 5.56 Å². The molecule has 0 aliphatic carbocycles. The molecule has 1 aliphatic rings. The second-order valence-corrected chi connectivity index (χ2v) is 7.32. The normalized spacial score (nSPS) is 17.8. The summed E-state index contributed by atoms with van der Waals surface area (Å²) in [7, 11) is 0. The van der Waals surface area contributed by atoms with Gasteiger partial charge < -0.3 is 4.74 Å². The first kappa shape index (κ1) is 12.9. The van der Waals surface area contributed by atoms with Crippen LogP contribution in [0, 0.1) is 0 Å². The average molecular weight is 340 g/mol. The molecule has 1 aliphatic heterocycles. The Morgan fingerprint density at radius 3 is 2.69 bits per heavy atom. The maximum Gasteiger partial charge on any atom is 0.143 e. The van der Waals surface area contributed by atoms with E-state index in [0.29, 0.717) is 5.02 Å². The summed E-state index contributed by atoms with van der Waals surface area (Å²) in [5.74, 6) is 0.847. The van der Waals surface area contributed by atoms with Gasteiger partial charge in [0.1, 0.15) is 5.75 Å². The Hall–Kier alpha value is 0.490. The van der Waals surface area contributed by atoms with Crippen LogP contribution in [0.15, 0.2) is 16.6 Å². The van der Waals surface area contributed by atoms with E-state index >= 15 is 0 Å². The van der Waals surface area contributed by atoms with Crippen LogP contribution in [0.4, 0.5) is 0 Å². The number of fused-ring (bicyclic) bond motifs is 1. The van der Waals surface area contributed by atoms with Crippen LogP contribution < -0.4 is 4.74 Å². The Kier molecular flexibility index (Phi) is 4.05. The van der Waals surface area contributed by atoms with Crippen LogP contribution in [0.5, 0.6) is 5.75 Å². The molecule has 0 N–H and O–H groups in total. The van der Waals surface area contributed by atoms with Gasteiger partial charge in [-0.25, -0.2) is 0 Å². The molecule has 0 aromatic heterocycles. The summed E-state index contributed by atoms with van der Waals surface area (Å²) in [6.45, 7) is 0.732. The molecule has 1 aromatic carbocycles. The number of hydrogen-bond donors (Lipinski definition) is 0. The van der Waals surface area contributed by atoms with E-state index in [-0.39, 0.29) is 4.08 Å². The molecule has 2 rings (SSSR count). The molecule has 0 bridgehead atoms. The molecular formula is C11H12BrClOS2. The molecule has 0 saturated heterocycles. The molecule has 0 unspecified atom stereocenters. The second kappa shape index (κ2) is 5.01. The highest BCUT2D eigenvalue weighted by Gasteiger charge is 2.37. The van der Waals surface area contributed by atoms with Gasteiger partial charge in [-0.15, -0.1) is 23.5 Å². The summed E-state index contributed by atoms with van der Waals surface area (Å²) < 4.78 is 6.77. The second-order valence-electron chi connectivity index (χ2n) is 3.52. The summed E-state index contributed by atoms with van der Waals surface area (Å²) in [6, 6.07) is 4.00. The van der Waals surface area contributed by atoms with Crippen LogP contribution in [-0.4, -0.2) is 19.1 Å². The Morgan fingerprint density at radius 1 is 1.38 bits per heavy atom. The lowest BCUT2D eigenvalue weighted by atomic mass is 10.1. The van der Waals surface area contributed by atoms with E-state index < -0.39 is 0 Å². The van der Waals surface area contributed by atoms with Gasteiger partial charge in [-0.05, 0) is 24.6 Å². The number of halogens is 2. The molecule has 0 fully saturated rings. The highest BCUT2D eigenvalue weighted by molar-refractivity contribution is 9.10. The fraction of sp³-hybridized carbons (Fsp3) is 0.455. The lowest BCUT2D eigenvalue weighted by molar-refractivity contribution is 0.280. The molecule has 88 valence electrons. The fourth-order valence-electron chi connectivity index (χ4n) is 1.92. The van der Waals surface area contributed by atoms with E-state index in [0.717, 1.165) is 23.2 Å². The quantitative estimate of drug-likeness (QED) is 0.719. The Bertz CT molecular complexity index is 407. The van der Waals surface area contributed by atoms with E-state index in [1.807, 2.05) is 29.6 Å². The zero-order chi connectivity index (χ0) is 11.8. The topological polar surface area (TPSA) is 9.23 Å². The standard InChI is InChI=1S/C11H12BrClOS2/c1-15-11(16-2)3-4-14-10-8(11)5-7(12)6-9(10)13/h5-6H,3-4H2,1-2H3. The van der Waals surface area contributed by atoms with Gasteiger partial charge in [-0.2, -0.15) is 0 Å². The van der Waals surface area contributed by atoms with Crippen LogP contribution in [0.2, 0.25) is 5.02 Å². The zero-order valence-corrected chi connectivity index (χ0v) is 13.0. The highest BCUT2D eigenvalue weighted by Crippen LogP contribution is 2.54. The first-order valence-corrected chi connectivity index (χ1v) is 8.47. The van der Waals surface area contributed by atoms with E-state index in [4.69, 9.17) is 16.3 Å². The first-order chi connectivity index (χ1) is 7.63. The highest BCUT2D eigenvalue weighted by atomic mass is 79.9. The van der Waals surface area contributed by atoms with Gasteiger partial charge in [0.15, 0.2) is 0 Å². The minimum Gasteiger partial charge on any atom is -0.492 e. The minimum atomic E-state index is 0.0704. The van der Waals surface area contributed by atoms with Gasteiger partial charge in [0.25, 0.3) is 0 Å². The van der Waals surface area contributed by atoms with Crippen molar-refractivity contribution in [1.82, 2.24) is 0 Å². The number of thioether (sulfide) groups is 2. The molecule has 1 heterocycles. The van der Waals surface area contributed by atoms with Crippen LogP contribution in [0.25, 0.3) is 0 Å². The molecule has 16 heavy (non-hydrogen) atoms. The Balaban J connectivity index is 2.61. The molecule has 0 saturated carbocycles. The van der Waals surface area contributed by atoms with Crippen molar-refractivity contribution in [2.75, 3.05) is 19.1 Å². The Labute approximate surface area is 118 Å². The van der Waals surface area contributed by atoms with Crippen LogP contribution in [-0.2, 0) is 4.08 Å². The SMILES string of the molecule is CSC1(SC)CCOc2c(Cl)cc(Br)cc21. The van der Waals surface area contributed by atoms with Gasteiger partial charge in [0.2, 0.25) is 0 Å². The van der Waals surface area contributed by atoms with Crippen molar-refractivity contribution in [1.29, 1.82) is 0 Å². The summed E-state index contributed by atoms with van der Waals surface area (Å²) in [4.78, 5) is 0. The van der Waals surface area contributed by atoms with Crippen molar-refractivity contribution >= 4 is 51.1 Å². The van der Waals surface area contributed by atoms with Crippen molar-refractivity contribution in [2.24, 2.45) is 0 Å². The summed E-state index contributed by atoms with van der Waals surface area (Å²) >= 11 is 13.4. The summed E-state index contributed by atoms with van der Waals surface area (Å²) in [6.07, 6.45) is 5.29. The molecule has 1 aromatic rings. The van der Waals surface area contributed by atoms with Crippen LogP contribution in [0.1, 0.15) is 12.0 Å². The van der Waals surface area contributed by atoms with E-state index in [9.17, 15) is 0 Å². The Morgan fingerprint density at radius 2 is 2.06 bits per heavy atom. The smallest absolute Gasteiger partial charge is 0.143 e.